The lowest BCUT2D eigenvalue weighted by atomic mass is 9.84. The summed E-state index contributed by atoms with van der Waals surface area (Å²) >= 11 is 0. The molecule has 7 heteroatoms. The van der Waals surface area contributed by atoms with Crippen LogP contribution in [0, 0.1) is 5.92 Å². The van der Waals surface area contributed by atoms with Crippen LogP contribution in [0.5, 0.6) is 0 Å². The van der Waals surface area contributed by atoms with Gasteiger partial charge < -0.3 is 20.0 Å². The fourth-order valence-corrected chi connectivity index (χ4v) is 4.83. The van der Waals surface area contributed by atoms with Crippen LogP contribution < -0.4 is 4.90 Å². The van der Waals surface area contributed by atoms with Crippen molar-refractivity contribution in [1.82, 2.24) is 9.80 Å². The highest BCUT2D eigenvalue weighted by Crippen LogP contribution is 2.40. The smallest absolute Gasteiger partial charge is 0.253 e. The van der Waals surface area contributed by atoms with Crippen molar-refractivity contribution in [2.24, 2.45) is 5.92 Å². The van der Waals surface area contributed by atoms with Gasteiger partial charge in [-0.1, -0.05) is 30.7 Å². The second-order valence-corrected chi connectivity index (χ2v) is 9.96. The molecule has 1 heterocycles. The molecule has 0 spiro atoms. The number of carbonyl (C=O) groups is 2. The third-order valence-electron chi connectivity index (χ3n) is 7.67. The van der Waals surface area contributed by atoms with Gasteiger partial charge in [0.15, 0.2) is 0 Å². The molecule has 0 aromatic heterocycles. The van der Waals surface area contributed by atoms with Gasteiger partial charge in [0.05, 0.1) is 0 Å². The van der Waals surface area contributed by atoms with Crippen LogP contribution in [0.1, 0.15) is 42.5 Å². The molecule has 2 amide bonds. The number of amides is 2. The monoisotopic (exact) mass is 463 g/mol. The molecule has 1 aliphatic heterocycles. The van der Waals surface area contributed by atoms with E-state index in [1.807, 2.05) is 60.5 Å². The van der Waals surface area contributed by atoms with Crippen molar-refractivity contribution in [2.45, 2.75) is 43.9 Å². The average molecular weight is 464 g/mol. The largest absolute Gasteiger partial charge is 0.386 e. The maximum Gasteiger partial charge on any atom is 0.253 e. The molecule has 3 fully saturated rings. The van der Waals surface area contributed by atoms with Gasteiger partial charge in [0, 0.05) is 50.4 Å². The van der Waals surface area contributed by atoms with Gasteiger partial charge in [0.2, 0.25) is 5.91 Å². The lowest BCUT2D eigenvalue weighted by Crippen LogP contribution is -2.55. The Morgan fingerprint density at radius 3 is 2.26 bits per heavy atom. The molecular formula is C27H33N3O4. The minimum absolute atomic E-state index is 0.0228. The standard InChI is InChI=1S/C27H33N3O4/c1-28(24(31)20-4-2-5-20)23-7-3-6-22(18-23)19-8-10-21(11-9-19)25(32)29-14-16-30(17-15-29)26(33)27(34)12-13-27/h3,6-11,18,20,26,33-34H,2,4-5,12-17H2,1H3. The van der Waals surface area contributed by atoms with Crippen LogP contribution in [0.25, 0.3) is 11.1 Å². The van der Waals surface area contributed by atoms with E-state index in [-0.39, 0.29) is 17.7 Å². The maximum atomic E-state index is 13.0. The molecule has 0 radical (unpaired) electrons. The summed E-state index contributed by atoms with van der Waals surface area (Å²) in [5, 5.41) is 20.5. The molecule has 2 aromatic carbocycles. The molecule has 2 saturated carbocycles. The number of aliphatic hydroxyl groups is 2. The third kappa shape index (κ3) is 4.48. The van der Waals surface area contributed by atoms with Gasteiger partial charge >= 0.3 is 0 Å². The fourth-order valence-electron chi connectivity index (χ4n) is 4.83. The Bertz CT molecular complexity index is 1050. The highest BCUT2D eigenvalue weighted by atomic mass is 16.4. The molecule has 2 aromatic rings. The molecule has 5 rings (SSSR count). The normalized spacial score (nSPS) is 21.0. The molecule has 2 N–H and O–H groups in total. The van der Waals surface area contributed by atoms with E-state index in [1.165, 1.54) is 0 Å². The molecule has 1 atom stereocenters. The molecule has 1 saturated heterocycles. The van der Waals surface area contributed by atoms with Crippen molar-refractivity contribution >= 4 is 17.5 Å². The quantitative estimate of drug-likeness (QED) is 0.688. The number of rotatable bonds is 6. The zero-order valence-corrected chi connectivity index (χ0v) is 19.7. The van der Waals surface area contributed by atoms with Crippen molar-refractivity contribution < 1.29 is 19.8 Å². The summed E-state index contributed by atoms with van der Waals surface area (Å²) in [5.74, 6) is 0.316. The first-order chi connectivity index (χ1) is 16.4. The van der Waals surface area contributed by atoms with Gasteiger partial charge in [0.1, 0.15) is 11.8 Å². The van der Waals surface area contributed by atoms with E-state index in [2.05, 4.69) is 0 Å². The van der Waals surface area contributed by atoms with Crippen LogP contribution in [-0.4, -0.2) is 76.9 Å². The number of hydrogen-bond acceptors (Lipinski definition) is 5. The lowest BCUT2D eigenvalue weighted by molar-refractivity contribution is -0.124. The number of hydrogen-bond donors (Lipinski definition) is 2. The number of anilines is 1. The first-order valence-electron chi connectivity index (χ1n) is 12.3. The van der Waals surface area contributed by atoms with E-state index in [0.717, 1.165) is 36.1 Å². The number of piperazine rings is 1. The second-order valence-electron chi connectivity index (χ2n) is 9.96. The van der Waals surface area contributed by atoms with Crippen molar-refractivity contribution in [1.29, 1.82) is 0 Å². The van der Waals surface area contributed by atoms with Gasteiger partial charge in [-0.25, -0.2) is 0 Å². The van der Waals surface area contributed by atoms with Crippen LogP contribution in [-0.2, 0) is 4.79 Å². The third-order valence-corrected chi connectivity index (χ3v) is 7.67. The van der Waals surface area contributed by atoms with Gasteiger partial charge in [-0.2, -0.15) is 0 Å². The Balaban J connectivity index is 1.22. The van der Waals surface area contributed by atoms with Crippen molar-refractivity contribution in [3.8, 4) is 11.1 Å². The summed E-state index contributed by atoms with van der Waals surface area (Å²) in [6.07, 6.45) is 3.52. The van der Waals surface area contributed by atoms with Crippen molar-refractivity contribution in [3.63, 3.8) is 0 Å². The first-order valence-corrected chi connectivity index (χ1v) is 12.3. The number of benzene rings is 2. The van der Waals surface area contributed by atoms with Gasteiger partial charge in [0.25, 0.3) is 5.91 Å². The Morgan fingerprint density at radius 1 is 1.00 bits per heavy atom. The zero-order chi connectivity index (χ0) is 23.9. The lowest BCUT2D eigenvalue weighted by Gasteiger charge is -2.38. The van der Waals surface area contributed by atoms with E-state index >= 15 is 0 Å². The summed E-state index contributed by atoms with van der Waals surface area (Å²) in [5.41, 5.74) is 2.55. The summed E-state index contributed by atoms with van der Waals surface area (Å²) < 4.78 is 0. The van der Waals surface area contributed by atoms with E-state index < -0.39 is 11.8 Å². The average Bonchev–Trinajstić information content (AvgIpc) is 3.60. The molecule has 3 aliphatic rings. The minimum Gasteiger partial charge on any atom is -0.386 e. The van der Waals surface area contributed by atoms with E-state index in [9.17, 15) is 19.8 Å². The van der Waals surface area contributed by atoms with Crippen LogP contribution in [0.15, 0.2) is 48.5 Å². The zero-order valence-electron chi connectivity index (χ0n) is 19.7. The molecule has 7 nitrogen and oxygen atoms in total. The van der Waals surface area contributed by atoms with E-state index in [1.54, 1.807) is 9.80 Å². The molecule has 34 heavy (non-hydrogen) atoms. The molecule has 2 aliphatic carbocycles. The molecule has 1 unspecified atom stereocenters. The molecule has 180 valence electrons. The summed E-state index contributed by atoms with van der Waals surface area (Å²) in [6, 6.07) is 15.5. The Hall–Kier alpha value is -2.74. The SMILES string of the molecule is CN(C(=O)C1CCC1)c1cccc(-c2ccc(C(=O)N3CCN(C(O)C4(O)CC4)CC3)cc2)c1. The first kappa shape index (κ1) is 23.0. The molecular weight excluding hydrogens is 430 g/mol. The van der Waals surface area contributed by atoms with Crippen LogP contribution in [0.2, 0.25) is 0 Å². The number of aliphatic hydroxyl groups excluding tert-OH is 1. The highest BCUT2D eigenvalue weighted by Gasteiger charge is 2.50. The Labute approximate surface area is 200 Å². The van der Waals surface area contributed by atoms with Gasteiger partial charge in [-0.05, 0) is 61.1 Å². The van der Waals surface area contributed by atoms with Gasteiger partial charge in [-0.15, -0.1) is 0 Å². The number of nitrogens with zero attached hydrogens (tertiary/aromatic N) is 3. The predicted octanol–water partition coefficient (Wildman–Crippen LogP) is 2.72. The van der Waals surface area contributed by atoms with Crippen LogP contribution in [0.3, 0.4) is 0 Å². The summed E-state index contributed by atoms with van der Waals surface area (Å²) in [6.45, 7) is 2.15. The highest BCUT2D eigenvalue weighted by molar-refractivity contribution is 5.96. The van der Waals surface area contributed by atoms with Crippen molar-refractivity contribution in [3.05, 3.63) is 54.1 Å². The minimum atomic E-state index is -0.960. The topological polar surface area (TPSA) is 84.3 Å². The number of carbonyl (C=O) groups excluding carboxylic acids is 2. The maximum absolute atomic E-state index is 13.0. The summed E-state index contributed by atoms with van der Waals surface area (Å²) in [4.78, 5) is 31.0. The predicted molar refractivity (Wildman–Crippen MR) is 130 cm³/mol. The van der Waals surface area contributed by atoms with E-state index in [4.69, 9.17) is 0 Å². The Morgan fingerprint density at radius 2 is 1.68 bits per heavy atom. The van der Waals surface area contributed by atoms with Gasteiger partial charge in [-0.3, -0.25) is 14.5 Å². The van der Waals surface area contributed by atoms with Crippen LogP contribution >= 0.6 is 0 Å². The van der Waals surface area contributed by atoms with E-state index in [0.29, 0.717) is 44.6 Å². The van der Waals surface area contributed by atoms with Crippen LogP contribution in [0.4, 0.5) is 5.69 Å². The second kappa shape index (κ2) is 9.13. The Kier molecular flexibility index (Phi) is 6.18. The fraction of sp³-hybridized carbons (Fsp3) is 0.481. The molecule has 0 bridgehead atoms. The summed E-state index contributed by atoms with van der Waals surface area (Å²) in [7, 11) is 1.84. The van der Waals surface area contributed by atoms with Crippen molar-refractivity contribution in [2.75, 3.05) is 38.1 Å².